The fourth-order valence-corrected chi connectivity index (χ4v) is 6.85. The Morgan fingerprint density at radius 3 is 1.21 bits per heavy atom. The number of hydrogen-bond donors (Lipinski definition) is 0. The first-order chi connectivity index (χ1) is 22.4. The molecule has 0 atom stereocenters. The van der Waals surface area contributed by atoms with Crippen LogP contribution in [0.25, 0.3) is 12.2 Å². The smallest absolute Gasteiger partial charge is 0.246 e. The Balaban J connectivity index is 0.00000312. The van der Waals surface area contributed by atoms with Crippen molar-refractivity contribution in [1.82, 2.24) is 19.6 Å². The number of halogens is 4. The minimum absolute atomic E-state index is 0. The first kappa shape index (κ1) is 39.9. The van der Waals surface area contributed by atoms with Crippen LogP contribution in [0.5, 0.6) is 0 Å². The Bertz CT molecular complexity index is 1280. The van der Waals surface area contributed by atoms with Crippen molar-refractivity contribution in [2.45, 2.75) is 25.7 Å². The van der Waals surface area contributed by atoms with E-state index in [1.54, 1.807) is 12.2 Å². The summed E-state index contributed by atoms with van der Waals surface area (Å²) in [6, 6.07) is 15.3. The van der Waals surface area contributed by atoms with Crippen molar-refractivity contribution in [3.05, 3.63) is 106 Å². The van der Waals surface area contributed by atoms with Crippen molar-refractivity contribution >= 4 is 72.0 Å². The number of nitrogens with zero attached hydrogens (tertiary/aromatic N) is 4. The molecule has 0 radical (unpaired) electrons. The van der Waals surface area contributed by atoms with Crippen LogP contribution < -0.4 is 0 Å². The summed E-state index contributed by atoms with van der Waals surface area (Å²) >= 11 is 11.9. The molecule has 2 aromatic carbocycles. The average molecular weight is 735 g/mol. The van der Waals surface area contributed by atoms with Crippen molar-refractivity contribution in [1.29, 1.82) is 0 Å². The van der Waals surface area contributed by atoms with Gasteiger partial charge in [0.2, 0.25) is 11.8 Å². The maximum absolute atomic E-state index is 12.6. The molecule has 2 heterocycles. The van der Waals surface area contributed by atoms with E-state index >= 15 is 0 Å². The number of benzene rings is 2. The number of allylic oxidation sites excluding steroid dienone is 4. The van der Waals surface area contributed by atoms with Gasteiger partial charge in [-0.1, -0.05) is 83.9 Å². The summed E-state index contributed by atoms with van der Waals surface area (Å²) in [4.78, 5) is 34.3. The van der Waals surface area contributed by atoms with Crippen LogP contribution >= 0.6 is 48.0 Å². The molecule has 0 N–H and O–H groups in total. The van der Waals surface area contributed by atoms with Crippen LogP contribution in [0.2, 0.25) is 10.0 Å². The zero-order valence-electron chi connectivity index (χ0n) is 27.5. The second-order valence-corrected chi connectivity index (χ2v) is 13.6. The SMILES string of the molecule is Cl.Cl.O=C(C=CC=Cc1ccc(Cl)cc1)N1CCN(CC2CCC(CN3CCN(C(=O)C=CC=Cc4ccc(Cl)cc4)CC3)CC2)CC1. The first-order valence-electron chi connectivity index (χ1n) is 16.6. The third-order valence-corrected chi connectivity index (χ3v) is 9.89. The molecule has 2 saturated heterocycles. The number of amides is 2. The van der Waals surface area contributed by atoms with Crippen molar-refractivity contribution in [3.63, 3.8) is 0 Å². The standard InChI is InChI=1S/C38H46Cl2N4O2.2ClH/c39-35-17-13-31(14-18-35)5-1-3-7-37(45)43-25-21-41(22-26-43)29-33-9-11-34(12-10-33)30-42-23-27-44(28-24-42)38(46)8-4-2-6-32-15-19-36(40)20-16-32;;/h1-8,13-20,33-34H,9-12,21-30H2;2*1H. The zero-order valence-corrected chi connectivity index (χ0v) is 30.6. The summed E-state index contributed by atoms with van der Waals surface area (Å²) in [7, 11) is 0. The molecule has 5 rings (SSSR count). The van der Waals surface area contributed by atoms with E-state index < -0.39 is 0 Å². The van der Waals surface area contributed by atoms with E-state index in [2.05, 4.69) is 9.80 Å². The highest BCUT2D eigenvalue weighted by molar-refractivity contribution is 6.30. The molecule has 3 fully saturated rings. The lowest BCUT2D eigenvalue weighted by Crippen LogP contribution is -2.50. The summed E-state index contributed by atoms with van der Waals surface area (Å²) < 4.78 is 0. The molecule has 10 heteroatoms. The van der Waals surface area contributed by atoms with Crippen LogP contribution in [0.3, 0.4) is 0 Å². The van der Waals surface area contributed by atoms with E-state index in [-0.39, 0.29) is 36.6 Å². The molecule has 1 saturated carbocycles. The molecule has 0 unspecified atom stereocenters. The third-order valence-electron chi connectivity index (χ3n) is 9.38. The summed E-state index contributed by atoms with van der Waals surface area (Å²) in [5.74, 6) is 1.69. The molecule has 3 aliphatic rings. The lowest BCUT2D eigenvalue weighted by molar-refractivity contribution is -0.128. The number of hydrogen-bond acceptors (Lipinski definition) is 4. The Morgan fingerprint density at radius 2 is 0.875 bits per heavy atom. The van der Waals surface area contributed by atoms with Gasteiger partial charge in [-0.3, -0.25) is 19.4 Å². The maximum atomic E-state index is 12.6. The molecular formula is C38H48Cl4N4O2. The molecular weight excluding hydrogens is 686 g/mol. The van der Waals surface area contributed by atoms with Crippen LogP contribution in [-0.2, 0) is 9.59 Å². The lowest BCUT2D eigenvalue weighted by Gasteiger charge is -2.40. The summed E-state index contributed by atoms with van der Waals surface area (Å²) in [6.45, 7) is 9.30. The molecule has 48 heavy (non-hydrogen) atoms. The van der Waals surface area contributed by atoms with Gasteiger partial charge in [-0.25, -0.2) is 0 Å². The number of carbonyl (C=O) groups is 2. The lowest BCUT2D eigenvalue weighted by atomic mass is 9.81. The number of piperazine rings is 2. The predicted molar refractivity (Wildman–Crippen MR) is 205 cm³/mol. The number of rotatable bonds is 10. The van der Waals surface area contributed by atoms with E-state index in [4.69, 9.17) is 23.2 Å². The van der Waals surface area contributed by atoms with E-state index in [9.17, 15) is 9.59 Å². The van der Waals surface area contributed by atoms with Crippen LogP contribution in [0.1, 0.15) is 36.8 Å². The van der Waals surface area contributed by atoms with Crippen molar-refractivity contribution in [2.75, 3.05) is 65.4 Å². The van der Waals surface area contributed by atoms with E-state index in [1.165, 1.54) is 25.7 Å². The second kappa shape index (κ2) is 20.8. The normalized spacial score (nSPS) is 21.2. The van der Waals surface area contributed by atoms with Gasteiger partial charge in [0, 0.05) is 87.6 Å². The van der Waals surface area contributed by atoms with E-state index in [1.807, 2.05) is 94.8 Å². The summed E-state index contributed by atoms with van der Waals surface area (Å²) in [6.07, 6.45) is 19.9. The van der Waals surface area contributed by atoms with Crippen LogP contribution in [0.4, 0.5) is 0 Å². The Kier molecular flexibility index (Phi) is 17.3. The molecule has 0 aromatic heterocycles. The van der Waals surface area contributed by atoms with E-state index in [0.717, 1.165) is 98.5 Å². The Hall–Kier alpha value is -2.58. The van der Waals surface area contributed by atoms with Crippen molar-refractivity contribution in [3.8, 4) is 0 Å². The Labute approximate surface area is 308 Å². The minimum Gasteiger partial charge on any atom is -0.337 e. The highest BCUT2D eigenvalue weighted by atomic mass is 35.5. The average Bonchev–Trinajstić information content (AvgIpc) is 3.08. The fraction of sp³-hybridized carbons (Fsp3) is 0.421. The first-order valence-corrected chi connectivity index (χ1v) is 17.4. The highest BCUT2D eigenvalue weighted by Crippen LogP contribution is 2.30. The molecule has 0 spiro atoms. The quantitative estimate of drug-likeness (QED) is 0.185. The molecule has 260 valence electrons. The third kappa shape index (κ3) is 13.0. The zero-order chi connectivity index (χ0) is 32.1. The second-order valence-electron chi connectivity index (χ2n) is 12.7. The van der Waals surface area contributed by atoms with Crippen LogP contribution in [-0.4, -0.2) is 96.9 Å². The largest absolute Gasteiger partial charge is 0.337 e. The molecule has 2 amide bonds. The van der Waals surface area contributed by atoms with Gasteiger partial charge < -0.3 is 9.80 Å². The van der Waals surface area contributed by atoms with Gasteiger partial charge in [-0.2, -0.15) is 0 Å². The minimum atomic E-state index is 0. The van der Waals surface area contributed by atoms with Gasteiger partial charge in [-0.15, -0.1) is 24.8 Å². The molecule has 0 bridgehead atoms. The van der Waals surface area contributed by atoms with E-state index in [0.29, 0.717) is 0 Å². The van der Waals surface area contributed by atoms with Gasteiger partial charge in [0.05, 0.1) is 0 Å². The molecule has 1 aliphatic carbocycles. The topological polar surface area (TPSA) is 47.1 Å². The van der Waals surface area contributed by atoms with Crippen molar-refractivity contribution in [2.24, 2.45) is 11.8 Å². The number of carbonyl (C=O) groups excluding carboxylic acids is 2. The maximum Gasteiger partial charge on any atom is 0.246 e. The highest BCUT2D eigenvalue weighted by Gasteiger charge is 2.28. The molecule has 2 aromatic rings. The fourth-order valence-electron chi connectivity index (χ4n) is 6.60. The summed E-state index contributed by atoms with van der Waals surface area (Å²) in [5.41, 5.74) is 2.11. The molecule has 2 aliphatic heterocycles. The monoisotopic (exact) mass is 732 g/mol. The van der Waals surface area contributed by atoms with Gasteiger partial charge >= 0.3 is 0 Å². The van der Waals surface area contributed by atoms with Gasteiger partial charge in [-0.05, 0) is 72.9 Å². The predicted octanol–water partition coefficient (Wildman–Crippen LogP) is 7.77. The van der Waals surface area contributed by atoms with Gasteiger partial charge in [0.15, 0.2) is 0 Å². The van der Waals surface area contributed by atoms with Gasteiger partial charge in [0.1, 0.15) is 0 Å². The Morgan fingerprint density at radius 1 is 0.542 bits per heavy atom. The van der Waals surface area contributed by atoms with Crippen LogP contribution in [0.15, 0.2) is 85.0 Å². The molecule has 6 nitrogen and oxygen atoms in total. The summed E-state index contributed by atoms with van der Waals surface area (Å²) in [5, 5.41) is 1.44. The van der Waals surface area contributed by atoms with Gasteiger partial charge in [0.25, 0.3) is 0 Å². The van der Waals surface area contributed by atoms with Crippen molar-refractivity contribution < 1.29 is 9.59 Å². The van der Waals surface area contributed by atoms with Crippen LogP contribution in [0, 0.1) is 11.8 Å².